The summed E-state index contributed by atoms with van der Waals surface area (Å²) in [6.45, 7) is 5.02. The molecule has 2 aromatic heterocycles. The van der Waals surface area contributed by atoms with E-state index in [2.05, 4.69) is 4.98 Å². The van der Waals surface area contributed by atoms with Gasteiger partial charge >= 0.3 is 0 Å². The monoisotopic (exact) mass is 424 g/mol. The Balaban J connectivity index is 1.68. The lowest BCUT2D eigenvalue weighted by atomic mass is 10.4. The minimum absolute atomic E-state index is 0.0120. The van der Waals surface area contributed by atoms with E-state index in [0.29, 0.717) is 32.0 Å². The molecule has 0 N–H and O–H groups in total. The molecule has 2 saturated heterocycles. The number of rotatable bonds is 5. The van der Waals surface area contributed by atoms with Crippen molar-refractivity contribution in [1.82, 2.24) is 18.8 Å². The van der Waals surface area contributed by atoms with Gasteiger partial charge < -0.3 is 14.2 Å². The molecule has 0 spiro atoms. The first-order chi connectivity index (χ1) is 13.4. The van der Waals surface area contributed by atoms with E-state index in [1.165, 1.54) is 15.6 Å². The molecule has 0 radical (unpaired) electrons. The highest BCUT2D eigenvalue weighted by molar-refractivity contribution is 7.89. The Labute approximate surface area is 168 Å². The molecule has 4 heterocycles. The molecular formula is C18H24N4O4S2. The van der Waals surface area contributed by atoms with Gasteiger partial charge in [-0.1, -0.05) is 0 Å². The van der Waals surface area contributed by atoms with Crippen molar-refractivity contribution in [2.45, 2.75) is 31.2 Å². The van der Waals surface area contributed by atoms with Gasteiger partial charge in [0, 0.05) is 43.4 Å². The van der Waals surface area contributed by atoms with Crippen molar-refractivity contribution in [3.8, 4) is 10.7 Å². The van der Waals surface area contributed by atoms with Crippen molar-refractivity contribution in [3.63, 3.8) is 0 Å². The van der Waals surface area contributed by atoms with E-state index in [1.54, 1.807) is 16.8 Å². The number of carbonyl (C=O) groups is 1. The zero-order valence-electron chi connectivity index (χ0n) is 15.8. The van der Waals surface area contributed by atoms with Gasteiger partial charge in [-0.15, -0.1) is 11.3 Å². The van der Waals surface area contributed by atoms with Crippen LogP contribution in [0.1, 0.15) is 18.5 Å². The molecule has 2 aliphatic heterocycles. The van der Waals surface area contributed by atoms with Crippen LogP contribution in [-0.2, 0) is 26.1 Å². The van der Waals surface area contributed by atoms with Gasteiger partial charge in [0.25, 0.3) is 0 Å². The van der Waals surface area contributed by atoms with Crippen LogP contribution in [0.25, 0.3) is 10.7 Å². The number of likely N-dealkylation sites (tertiary alicyclic amines) is 1. The Bertz CT molecular complexity index is 954. The summed E-state index contributed by atoms with van der Waals surface area (Å²) in [5, 5.41) is 2.64. The van der Waals surface area contributed by atoms with Gasteiger partial charge in [-0.2, -0.15) is 4.31 Å². The molecule has 0 bridgehead atoms. The van der Waals surface area contributed by atoms with Gasteiger partial charge in [0.05, 0.1) is 18.9 Å². The Morgan fingerprint density at radius 3 is 2.57 bits per heavy atom. The zero-order valence-corrected chi connectivity index (χ0v) is 17.5. The molecule has 28 heavy (non-hydrogen) atoms. The van der Waals surface area contributed by atoms with E-state index >= 15 is 0 Å². The number of carbonyl (C=O) groups excluding carboxylic acids is 1. The summed E-state index contributed by atoms with van der Waals surface area (Å²) in [6, 6.07) is 1.64. The maximum atomic E-state index is 13.1. The van der Waals surface area contributed by atoms with E-state index < -0.39 is 10.0 Å². The van der Waals surface area contributed by atoms with Crippen molar-refractivity contribution in [2.24, 2.45) is 0 Å². The summed E-state index contributed by atoms with van der Waals surface area (Å²) in [5.74, 6) is 0.0120. The van der Waals surface area contributed by atoms with Crippen LogP contribution in [0, 0.1) is 6.92 Å². The van der Waals surface area contributed by atoms with Crippen molar-refractivity contribution in [3.05, 3.63) is 23.3 Å². The van der Waals surface area contributed by atoms with Crippen LogP contribution in [0.5, 0.6) is 0 Å². The average molecular weight is 425 g/mol. The summed E-state index contributed by atoms with van der Waals surface area (Å²) in [4.78, 5) is 19.2. The Morgan fingerprint density at radius 2 is 1.93 bits per heavy atom. The van der Waals surface area contributed by atoms with Crippen LogP contribution < -0.4 is 0 Å². The fraction of sp³-hybridized carbons (Fsp3) is 0.556. The van der Waals surface area contributed by atoms with Gasteiger partial charge in [0.15, 0.2) is 0 Å². The summed E-state index contributed by atoms with van der Waals surface area (Å²) in [6.07, 6.45) is 3.62. The number of amides is 1. The molecule has 0 aliphatic carbocycles. The number of thiazole rings is 1. The number of hydrogen-bond acceptors (Lipinski definition) is 6. The summed E-state index contributed by atoms with van der Waals surface area (Å²) < 4.78 is 34.6. The molecule has 8 nitrogen and oxygen atoms in total. The van der Waals surface area contributed by atoms with Crippen LogP contribution in [-0.4, -0.2) is 72.5 Å². The number of sulfonamides is 1. The van der Waals surface area contributed by atoms with E-state index in [-0.39, 0.29) is 17.3 Å². The highest BCUT2D eigenvalue weighted by atomic mass is 32.2. The topological polar surface area (TPSA) is 84.7 Å². The maximum absolute atomic E-state index is 13.1. The highest BCUT2D eigenvalue weighted by Crippen LogP contribution is 2.29. The molecule has 152 valence electrons. The first-order valence-corrected chi connectivity index (χ1v) is 11.8. The van der Waals surface area contributed by atoms with Gasteiger partial charge in [-0.3, -0.25) is 4.79 Å². The van der Waals surface area contributed by atoms with Crippen LogP contribution in [0.3, 0.4) is 0 Å². The molecule has 1 amide bonds. The highest BCUT2D eigenvalue weighted by Gasteiger charge is 2.29. The summed E-state index contributed by atoms with van der Waals surface area (Å²) in [7, 11) is -3.64. The number of aromatic nitrogens is 2. The Kier molecular flexibility index (Phi) is 5.55. The molecule has 0 saturated carbocycles. The molecule has 2 aromatic rings. The lowest BCUT2D eigenvalue weighted by Gasteiger charge is -2.25. The number of morpholine rings is 1. The Hall–Kier alpha value is -1.75. The summed E-state index contributed by atoms with van der Waals surface area (Å²) >= 11 is 1.45. The normalized spacial score (nSPS) is 18.7. The second-order valence-corrected chi connectivity index (χ2v) is 9.88. The third kappa shape index (κ3) is 3.86. The number of ether oxygens (including phenoxy) is 1. The maximum Gasteiger partial charge on any atom is 0.244 e. The zero-order chi connectivity index (χ0) is 19.7. The van der Waals surface area contributed by atoms with Crippen molar-refractivity contribution >= 4 is 27.3 Å². The lowest BCUT2D eigenvalue weighted by Crippen LogP contribution is -2.40. The van der Waals surface area contributed by atoms with Crippen LogP contribution in [0.4, 0.5) is 0 Å². The third-order valence-corrected chi connectivity index (χ3v) is 7.93. The van der Waals surface area contributed by atoms with Crippen LogP contribution >= 0.6 is 11.3 Å². The quantitative estimate of drug-likeness (QED) is 0.727. The summed E-state index contributed by atoms with van der Waals surface area (Å²) in [5.41, 5.74) is 1.54. The fourth-order valence-corrected chi connectivity index (χ4v) is 5.83. The molecule has 10 heteroatoms. The van der Waals surface area contributed by atoms with Crippen LogP contribution in [0.15, 0.2) is 22.5 Å². The third-order valence-electron chi connectivity index (χ3n) is 5.08. The van der Waals surface area contributed by atoms with Gasteiger partial charge in [-0.05, 0) is 25.8 Å². The molecule has 2 aliphatic rings. The Morgan fingerprint density at radius 1 is 1.21 bits per heavy atom. The largest absolute Gasteiger partial charge is 0.379 e. The number of aryl methyl sites for hydroxylation is 1. The van der Waals surface area contributed by atoms with E-state index in [9.17, 15) is 13.2 Å². The molecule has 2 fully saturated rings. The predicted molar refractivity (Wildman–Crippen MR) is 106 cm³/mol. The fourth-order valence-electron chi connectivity index (χ4n) is 3.55. The molecule has 0 aromatic carbocycles. The smallest absolute Gasteiger partial charge is 0.244 e. The number of hydrogen-bond donors (Lipinski definition) is 0. The van der Waals surface area contributed by atoms with E-state index in [1.807, 2.05) is 17.2 Å². The minimum atomic E-state index is -3.64. The first kappa shape index (κ1) is 19.6. The average Bonchev–Trinajstić information content (AvgIpc) is 3.43. The van der Waals surface area contributed by atoms with Crippen molar-refractivity contribution in [2.75, 3.05) is 39.4 Å². The van der Waals surface area contributed by atoms with E-state index in [4.69, 9.17) is 4.74 Å². The van der Waals surface area contributed by atoms with Gasteiger partial charge in [0.1, 0.15) is 16.4 Å². The van der Waals surface area contributed by atoms with Crippen molar-refractivity contribution < 1.29 is 17.9 Å². The molecular weight excluding hydrogens is 400 g/mol. The lowest BCUT2D eigenvalue weighted by molar-refractivity contribution is -0.130. The first-order valence-electron chi connectivity index (χ1n) is 9.43. The second kappa shape index (κ2) is 7.94. The minimum Gasteiger partial charge on any atom is -0.379 e. The van der Waals surface area contributed by atoms with E-state index in [0.717, 1.165) is 36.6 Å². The predicted octanol–water partition coefficient (Wildman–Crippen LogP) is 1.56. The van der Waals surface area contributed by atoms with Gasteiger partial charge in [-0.25, -0.2) is 13.4 Å². The molecule has 0 atom stereocenters. The molecule has 0 unspecified atom stereocenters. The SMILES string of the molecule is Cc1csc(-c2cc(S(=O)(=O)N3CCOCC3)cn2CC(=O)N2CCCC2)n1. The second-order valence-electron chi connectivity index (χ2n) is 7.09. The van der Waals surface area contributed by atoms with Crippen LogP contribution in [0.2, 0.25) is 0 Å². The standard InChI is InChI=1S/C18H24N4O4S2/c1-14-13-27-18(19-14)16-10-15(28(24,25)22-6-8-26-9-7-22)11-21(16)12-17(23)20-4-2-3-5-20/h10-11,13H,2-9,12H2,1H3. The molecule has 4 rings (SSSR count). The van der Waals surface area contributed by atoms with Crippen molar-refractivity contribution in [1.29, 1.82) is 0 Å². The number of nitrogens with zero attached hydrogens (tertiary/aromatic N) is 4. The van der Waals surface area contributed by atoms with Gasteiger partial charge in [0.2, 0.25) is 15.9 Å².